The molecule has 0 fully saturated rings. The first kappa shape index (κ1) is 10.2. The molecule has 1 aromatic heterocycles. The summed E-state index contributed by atoms with van der Waals surface area (Å²) in [5, 5.41) is 3.95. The van der Waals surface area contributed by atoms with Gasteiger partial charge in [-0.3, -0.25) is 0 Å². The van der Waals surface area contributed by atoms with Crippen LogP contribution in [-0.2, 0) is 0 Å². The lowest BCUT2D eigenvalue weighted by atomic mass is 10.1. The van der Waals surface area contributed by atoms with E-state index in [1.165, 1.54) is 6.07 Å². The van der Waals surface area contributed by atoms with Crippen LogP contribution in [0.1, 0.15) is 25.1 Å². The van der Waals surface area contributed by atoms with Crippen molar-refractivity contribution in [3.05, 3.63) is 35.8 Å². The SMILES string of the molecule is CCC(NC)c1cc2cccc(F)c2o1. The van der Waals surface area contributed by atoms with E-state index >= 15 is 0 Å². The molecule has 0 saturated carbocycles. The van der Waals surface area contributed by atoms with E-state index in [1.807, 2.05) is 19.2 Å². The van der Waals surface area contributed by atoms with Crippen LogP contribution >= 0.6 is 0 Å². The maximum Gasteiger partial charge on any atom is 0.169 e. The van der Waals surface area contributed by atoms with Gasteiger partial charge in [-0.1, -0.05) is 19.1 Å². The van der Waals surface area contributed by atoms with Crippen molar-refractivity contribution >= 4 is 11.0 Å². The number of fused-ring (bicyclic) bond motifs is 1. The molecule has 2 aromatic rings. The van der Waals surface area contributed by atoms with E-state index in [0.717, 1.165) is 17.6 Å². The number of hydrogen-bond acceptors (Lipinski definition) is 2. The topological polar surface area (TPSA) is 25.2 Å². The van der Waals surface area contributed by atoms with Crippen molar-refractivity contribution in [3.63, 3.8) is 0 Å². The fraction of sp³-hybridized carbons (Fsp3) is 0.333. The van der Waals surface area contributed by atoms with Crippen LogP contribution in [0.3, 0.4) is 0 Å². The van der Waals surface area contributed by atoms with Crippen molar-refractivity contribution in [3.8, 4) is 0 Å². The van der Waals surface area contributed by atoms with Crippen molar-refractivity contribution < 1.29 is 8.81 Å². The van der Waals surface area contributed by atoms with Crippen LogP contribution in [0.2, 0.25) is 0 Å². The molecule has 3 heteroatoms. The van der Waals surface area contributed by atoms with Crippen LogP contribution in [0.25, 0.3) is 11.0 Å². The number of para-hydroxylation sites is 1. The van der Waals surface area contributed by atoms with Crippen LogP contribution < -0.4 is 5.32 Å². The second-order valence-corrected chi connectivity index (χ2v) is 3.56. The van der Waals surface area contributed by atoms with E-state index < -0.39 is 0 Å². The van der Waals surface area contributed by atoms with E-state index in [-0.39, 0.29) is 11.9 Å². The molecule has 1 N–H and O–H groups in total. The number of rotatable bonds is 3. The van der Waals surface area contributed by atoms with Crippen molar-refractivity contribution in [1.82, 2.24) is 5.32 Å². The standard InChI is InChI=1S/C12H14FNO/c1-3-10(14-2)11-7-8-5-4-6-9(13)12(8)15-11/h4-7,10,14H,3H2,1-2H3. The Morgan fingerprint density at radius 1 is 1.47 bits per heavy atom. The first-order valence-electron chi connectivity index (χ1n) is 5.11. The molecule has 0 aliphatic carbocycles. The van der Waals surface area contributed by atoms with E-state index in [0.29, 0.717) is 5.58 Å². The highest BCUT2D eigenvalue weighted by molar-refractivity contribution is 5.78. The van der Waals surface area contributed by atoms with E-state index in [2.05, 4.69) is 12.2 Å². The molecule has 15 heavy (non-hydrogen) atoms. The Morgan fingerprint density at radius 2 is 2.27 bits per heavy atom. The first-order chi connectivity index (χ1) is 7.26. The van der Waals surface area contributed by atoms with Crippen LogP contribution in [0.5, 0.6) is 0 Å². The van der Waals surface area contributed by atoms with Gasteiger partial charge in [0, 0.05) is 5.39 Å². The lowest BCUT2D eigenvalue weighted by Gasteiger charge is -2.09. The molecule has 0 radical (unpaired) electrons. The predicted octanol–water partition coefficient (Wildman–Crippen LogP) is 3.24. The number of furan rings is 1. The van der Waals surface area contributed by atoms with Crippen LogP contribution in [0.4, 0.5) is 4.39 Å². The quantitative estimate of drug-likeness (QED) is 0.835. The predicted molar refractivity (Wildman–Crippen MR) is 58.3 cm³/mol. The van der Waals surface area contributed by atoms with Crippen molar-refractivity contribution in [1.29, 1.82) is 0 Å². The van der Waals surface area contributed by atoms with Gasteiger partial charge < -0.3 is 9.73 Å². The molecule has 0 aliphatic rings. The van der Waals surface area contributed by atoms with Gasteiger partial charge in [0.1, 0.15) is 5.76 Å². The van der Waals surface area contributed by atoms with Crippen LogP contribution in [0.15, 0.2) is 28.7 Å². The highest BCUT2D eigenvalue weighted by Crippen LogP contribution is 2.26. The summed E-state index contributed by atoms with van der Waals surface area (Å²) in [6.07, 6.45) is 0.915. The summed E-state index contributed by atoms with van der Waals surface area (Å²) in [6, 6.07) is 7.00. The summed E-state index contributed by atoms with van der Waals surface area (Å²) in [7, 11) is 1.87. The Kier molecular flexibility index (Phi) is 2.73. The first-order valence-corrected chi connectivity index (χ1v) is 5.11. The molecule has 0 saturated heterocycles. The zero-order chi connectivity index (χ0) is 10.8. The summed E-state index contributed by atoms with van der Waals surface area (Å²) in [4.78, 5) is 0. The van der Waals surface area contributed by atoms with Gasteiger partial charge >= 0.3 is 0 Å². The minimum atomic E-state index is -0.301. The third-order valence-corrected chi connectivity index (χ3v) is 2.62. The van der Waals surface area contributed by atoms with Gasteiger partial charge in [-0.15, -0.1) is 0 Å². The zero-order valence-corrected chi connectivity index (χ0v) is 8.88. The third kappa shape index (κ3) is 1.75. The normalized spacial score (nSPS) is 13.3. The maximum absolute atomic E-state index is 13.4. The summed E-state index contributed by atoms with van der Waals surface area (Å²) >= 11 is 0. The average molecular weight is 207 g/mol. The molecule has 1 atom stereocenters. The van der Waals surface area contributed by atoms with Crippen LogP contribution in [-0.4, -0.2) is 7.05 Å². The molecule has 0 amide bonds. The lowest BCUT2D eigenvalue weighted by molar-refractivity contribution is 0.436. The van der Waals surface area contributed by atoms with E-state index in [4.69, 9.17) is 4.42 Å². The molecule has 1 unspecified atom stereocenters. The molecule has 0 spiro atoms. The summed E-state index contributed by atoms with van der Waals surface area (Å²) in [5.74, 6) is 0.491. The molecule has 1 heterocycles. The molecule has 0 aliphatic heterocycles. The number of benzene rings is 1. The Morgan fingerprint density at radius 3 is 2.87 bits per heavy atom. The molecule has 2 nitrogen and oxygen atoms in total. The Bertz CT molecular complexity index is 460. The molecule has 0 bridgehead atoms. The van der Waals surface area contributed by atoms with Gasteiger partial charge in [0.2, 0.25) is 0 Å². The maximum atomic E-state index is 13.4. The molecular weight excluding hydrogens is 193 g/mol. The molecular formula is C12H14FNO. The minimum Gasteiger partial charge on any atom is -0.456 e. The summed E-state index contributed by atoms with van der Waals surface area (Å²) in [6.45, 7) is 2.06. The van der Waals surface area contributed by atoms with E-state index in [1.54, 1.807) is 6.07 Å². The van der Waals surface area contributed by atoms with Crippen molar-refractivity contribution in [2.75, 3.05) is 7.05 Å². The third-order valence-electron chi connectivity index (χ3n) is 2.62. The lowest BCUT2D eigenvalue weighted by Crippen LogP contribution is -2.14. The fourth-order valence-corrected chi connectivity index (χ4v) is 1.77. The Balaban J connectivity index is 2.51. The smallest absolute Gasteiger partial charge is 0.169 e. The van der Waals surface area contributed by atoms with Gasteiger partial charge in [0.25, 0.3) is 0 Å². The number of hydrogen-bond donors (Lipinski definition) is 1. The summed E-state index contributed by atoms with van der Waals surface area (Å²) < 4.78 is 18.9. The fourth-order valence-electron chi connectivity index (χ4n) is 1.77. The average Bonchev–Trinajstić information content (AvgIpc) is 2.65. The molecule has 80 valence electrons. The number of halogens is 1. The summed E-state index contributed by atoms with van der Waals surface area (Å²) in [5.41, 5.74) is 0.348. The molecule has 1 aromatic carbocycles. The van der Waals surface area contributed by atoms with Gasteiger partial charge in [-0.05, 0) is 25.6 Å². The van der Waals surface area contributed by atoms with Gasteiger partial charge in [-0.25, -0.2) is 4.39 Å². The minimum absolute atomic E-state index is 0.150. The zero-order valence-electron chi connectivity index (χ0n) is 8.88. The Hall–Kier alpha value is -1.35. The second kappa shape index (κ2) is 4.03. The highest BCUT2D eigenvalue weighted by Gasteiger charge is 2.14. The van der Waals surface area contributed by atoms with Gasteiger partial charge in [0.15, 0.2) is 11.4 Å². The second-order valence-electron chi connectivity index (χ2n) is 3.56. The van der Waals surface area contributed by atoms with Crippen molar-refractivity contribution in [2.45, 2.75) is 19.4 Å². The highest BCUT2D eigenvalue weighted by atomic mass is 19.1. The van der Waals surface area contributed by atoms with E-state index in [9.17, 15) is 4.39 Å². The Labute approximate surface area is 88.1 Å². The van der Waals surface area contributed by atoms with Gasteiger partial charge in [-0.2, -0.15) is 0 Å². The van der Waals surface area contributed by atoms with Gasteiger partial charge in [0.05, 0.1) is 6.04 Å². The van der Waals surface area contributed by atoms with Crippen molar-refractivity contribution in [2.24, 2.45) is 0 Å². The molecule has 2 rings (SSSR count). The van der Waals surface area contributed by atoms with Crippen LogP contribution in [0, 0.1) is 5.82 Å². The largest absolute Gasteiger partial charge is 0.456 e. The number of nitrogens with one attached hydrogen (secondary N) is 1. The monoisotopic (exact) mass is 207 g/mol.